The topological polar surface area (TPSA) is 74.3 Å². The molecule has 0 aliphatic heterocycles. The SMILES string of the molecule is COc1cc(Cl)cc(CNCc2csc(=O)[nH]2)c1O. The first-order valence-electron chi connectivity index (χ1n) is 5.53. The van der Waals surface area contributed by atoms with E-state index in [0.29, 0.717) is 29.4 Å². The molecular weight excluding hydrogens is 288 g/mol. The predicted octanol–water partition coefficient (Wildman–Crippen LogP) is 2.09. The highest BCUT2D eigenvalue weighted by Crippen LogP contribution is 2.33. The lowest BCUT2D eigenvalue weighted by atomic mass is 10.2. The van der Waals surface area contributed by atoms with E-state index in [1.807, 2.05) is 0 Å². The van der Waals surface area contributed by atoms with Crippen molar-refractivity contribution in [3.8, 4) is 11.5 Å². The van der Waals surface area contributed by atoms with Gasteiger partial charge in [-0.1, -0.05) is 22.9 Å². The molecule has 0 amide bonds. The van der Waals surface area contributed by atoms with Crippen LogP contribution >= 0.6 is 22.9 Å². The third-order valence-electron chi connectivity index (χ3n) is 2.54. The summed E-state index contributed by atoms with van der Waals surface area (Å²) >= 11 is 7.06. The van der Waals surface area contributed by atoms with Crippen molar-refractivity contribution >= 4 is 22.9 Å². The fourth-order valence-electron chi connectivity index (χ4n) is 1.65. The average molecular weight is 301 g/mol. The summed E-state index contributed by atoms with van der Waals surface area (Å²) in [5.74, 6) is 0.409. The van der Waals surface area contributed by atoms with Crippen molar-refractivity contribution < 1.29 is 9.84 Å². The lowest BCUT2D eigenvalue weighted by Crippen LogP contribution is -2.14. The molecule has 0 unspecified atom stereocenters. The lowest BCUT2D eigenvalue weighted by molar-refractivity contribution is 0.369. The zero-order valence-electron chi connectivity index (χ0n) is 10.2. The van der Waals surface area contributed by atoms with Crippen molar-refractivity contribution in [2.75, 3.05) is 7.11 Å². The number of phenols is 1. The molecule has 1 heterocycles. The summed E-state index contributed by atoms with van der Waals surface area (Å²) in [4.78, 5) is 13.6. The van der Waals surface area contributed by atoms with Crippen LogP contribution in [-0.2, 0) is 13.1 Å². The van der Waals surface area contributed by atoms with Gasteiger partial charge in [0.25, 0.3) is 0 Å². The molecule has 7 heteroatoms. The second-order valence-corrected chi connectivity index (χ2v) is 5.17. The van der Waals surface area contributed by atoms with Gasteiger partial charge in [-0.3, -0.25) is 4.79 Å². The van der Waals surface area contributed by atoms with E-state index in [2.05, 4.69) is 10.3 Å². The minimum Gasteiger partial charge on any atom is -0.504 e. The Morgan fingerprint density at radius 2 is 2.26 bits per heavy atom. The Morgan fingerprint density at radius 1 is 1.47 bits per heavy atom. The molecule has 2 rings (SSSR count). The van der Waals surface area contributed by atoms with Crippen molar-refractivity contribution in [1.82, 2.24) is 10.3 Å². The average Bonchev–Trinajstić information content (AvgIpc) is 2.79. The molecule has 0 spiro atoms. The number of aromatic hydroxyl groups is 1. The molecule has 0 bridgehead atoms. The van der Waals surface area contributed by atoms with Gasteiger partial charge in [0.1, 0.15) is 0 Å². The molecule has 19 heavy (non-hydrogen) atoms. The van der Waals surface area contributed by atoms with Gasteiger partial charge in [0.2, 0.25) is 0 Å². The van der Waals surface area contributed by atoms with Gasteiger partial charge in [-0.15, -0.1) is 0 Å². The maximum absolute atomic E-state index is 11.0. The van der Waals surface area contributed by atoms with Crippen LogP contribution < -0.4 is 14.9 Å². The summed E-state index contributed by atoms with van der Waals surface area (Å²) in [6.45, 7) is 0.924. The number of halogens is 1. The van der Waals surface area contributed by atoms with Gasteiger partial charge in [0.05, 0.1) is 7.11 Å². The summed E-state index contributed by atoms with van der Waals surface area (Å²) in [5.41, 5.74) is 1.45. The largest absolute Gasteiger partial charge is 0.504 e. The summed E-state index contributed by atoms with van der Waals surface area (Å²) in [6, 6.07) is 3.22. The Labute approximate surface area is 118 Å². The van der Waals surface area contributed by atoms with Gasteiger partial charge < -0.3 is 20.1 Å². The van der Waals surface area contributed by atoms with Gasteiger partial charge in [-0.2, -0.15) is 0 Å². The third kappa shape index (κ3) is 3.50. The van der Waals surface area contributed by atoms with Crippen molar-refractivity contribution in [3.05, 3.63) is 43.5 Å². The Kier molecular flexibility index (Phi) is 4.47. The van der Waals surface area contributed by atoms with Crippen LogP contribution in [0.2, 0.25) is 5.02 Å². The zero-order chi connectivity index (χ0) is 13.8. The van der Waals surface area contributed by atoms with Gasteiger partial charge >= 0.3 is 4.87 Å². The molecule has 0 saturated carbocycles. The van der Waals surface area contributed by atoms with Crippen LogP contribution in [-0.4, -0.2) is 17.2 Å². The van der Waals surface area contributed by atoms with Crippen LogP contribution in [0.25, 0.3) is 0 Å². The predicted molar refractivity (Wildman–Crippen MR) is 75.2 cm³/mol. The van der Waals surface area contributed by atoms with Crippen molar-refractivity contribution in [1.29, 1.82) is 0 Å². The van der Waals surface area contributed by atoms with Crippen LogP contribution in [0.5, 0.6) is 11.5 Å². The van der Waals surface area contributed by atoms with E-state index < -0.39 is 0 Å². The monoisotopic (exact) mass is 300 g/mol. The first kappa shape index (κ1) is 13.9. The number of thiazole rings is 1. The standard InChI is InChI=1S/C12H13ClN2O3S/c1-18-10-3-8(13)2-7(11(10)16)4-14-5-9-6-19-12(17)15-9/h2-3,6,14,16H,4-5H2,1H3,(H,15,17). The number of phenolic OH excluding ortho intramolecular Hbond substituents is 1. The van der Waals surface area contributed by atoms with E-state index in [-0.39, 0.29) is 10.6 Å². The molecule has 0 radical (unpaired) electrons. The van der Waals surface area contributed by atoms with Crippen LogP contribution in [0.4, 0.5) is 0 Å². The highest BCUT2D eigenvalue weighted by Gasteiger charge is 2.09. The second-order valence-electron chi connectivity index (χ2n) is 3.89. The number of methoxy groups -OCH3 is 1. The Bertz CT molecular complexity index is 624. The molecule has 3 N–H and O–H groups in total. The normalized spacial score (nSPS) is 10.6. The van der Waals surface area contributed by atoms with Gasteiger partial charge in [-0.25, -0.2) is 0 Å². The number of aromatic amines is 1. The summed E-state index contributed by atoms with van der Waals surface area (Å²) in [5, 5.41) is 15.3. The summed E-state index contributed by atoms with van der Waals surface area (Å²) in [7, 11) is 1.47. The van der Waals surface area contributed by atoms with Gasteiger partial charge in [0, 0.05) is 40.8 Å². The second kappa shape index (κ2) is 6.10. The summed E-state index contributed by atoms with van der Waals surface area (Å²) < 4.78 is 5.03. The van der Waals surface area contributed by atoms with E-state index in [9.17, 15) is 9.90 Å². The minimum atomic E-state index is -0.0796. The summed E-state index contributed by atoms with van der Waals surface area (Å²) in [6.07, 6.45) is 0. The Hall–Kier alpha value is -1.50. The quantitative estimate of drug-likeness (QED) is 0.790. The van der Waals surface area contributed by atoms with Gasteiger partial charge in [-0.05, 0) is 6.07 Å². The first-order chi connectivity index (χ1) is 9.10. The molecule has 2 aromatic rings. The lowest BCUT2D eigenvalue weighted by Gasteiger charge is -2.10. The number of nitrogens with one attached hydrogen (secondary N) is 2. The molecule has 102 valence electrons. The molecule has 1 aromatic heterocycles. The molecule has 0 aliphatic carbocycles. The fourth-order valence-corrected chi connectivity index (χ4v) is 2.46. The number of rotatable bonds is 5. The number of H-pyrrole nitrogens is 1. The first-order valence-corrected chi connectivity index (χ1v) is 6.78. The van der Waals surface area contributed by atoms with Crippen LogP contribution in [0.3, 0.4) is 0 Å². The van der Waals surface area contributed by atoms with Crippen LogP contribution in [0.15, 0.2) is 22.3 Å². The fraction of sp³-hybridized carbons (Fsp3) is 0.250. The minimum absolute atomic E-state index is 0.0678. The van der Waals surface area contributed by atoms with E-state index in [4.69, 9.17) is 16.3 Å². The maximum Gasteiger partial charge on any atom is 0.304 e. The number of hydrogen-bond donors (Lipinski definition) is 3. The number of benzene rings is 1. The van der Waals surface area contributed by atoms with Gasteiger partial charge in [0.15, 0.2) is 11.5 Å². The smallest absolute Gasteiger partial charge is 0.304 e. The van der Waals surface area contributed by atoms with Crippen molar-refractivity contribution in [2.45, 2.75) is 13.1 Å². The van der Waals surface area contributed by atoms with E-state index >= 15 is 0 Å². The molecule has 0 aliphatic rings. The van der Waals surface area contributed by atoms with Crippen LogP contribution in [0, 0.1) is 0 Å². The zero-order valence-corrected chi connectivity index (χ0v) is 11.8. The highest BCUT2D eigenvalue weighted by atomic mass is 35.5. The number of aromatic nitrogens is 1. The molecule has 0 fully saturated rings. The number of hydrogen-bond acceptors (Lipinski definition) is 5. The van der Waals surface area contributed by atoms with Crippen molar-refractivity contribution in [3.63, 3.8) is 0 Å². The highest BCUT2D eigenvalue weighted by molar-refractivity contribution is 7.07. The Morgan fingerprint density at radius 3 is 2.89 bits per heavy atom. The molecule has 0 atom stereocenters. The van der Waals surface area contributed by atoms with Crippen LogP contribution in [0.1, 0.15) is 11.3 Å². The molecule has 0 saturated heterocycles. The Balaban J connectivity index is 2.03. The van der Waals surface area contributed by atoms with E-state index in [1.54, 1.807) is 17.5 Å². The molecule has 5 nitrogen and oxygen atoms in total. The molecule has 1 aromatic carbocycles. The van der Waals surface area contributed by atoms with E-state index in [1.165, 1.54) is 7.11 Å². The maximum atomic E-state index is 11.0. The van der Waals surface area contributed by atoms with Crippen molar-refractivity contribution in [2.24, 2.45) is 0 Å². The third-order valence-corrected chi connectivity index (χ3v) is 3.48. The molecular formula is C12H13ClN2O3S. The number of ether oxygens (including phenoxy) is 1. The van der Waals surface area contributed by atoms with E-state index in [0.717, 1.165) is 17.0 Å².